The fourth-order valence-electron chi connectivity index (χ4n) is 3.53. The molecule has 1 aliphatic carbocycles. The summed E-state index contributed by atoms with van der Waals surface area (Å²) in [6.07, 6.45) is 4.75. The molecule has 1 heterocycles. The SMILES string of the molecule is Cl.O=C(CC1COCCN1)NC1(c2ccc(Cl)cc2)CCCC1. The molecule has 1 saturated heterocycles. The molecule has 6 heteroatoms. The monoisotopic (exact) mass is 358 g/mol. The molecule has 0 aromatic heterocycles. The molecular formula is C17H24Cl2N2O2. The minimum Gasteiger partial charge on any atom is -0.378 e. The molecule has 2 fully saturated rings. The molecule has 1 amide bonds. The topological polar surface area (TPSA) is 50.4 Å². The van der Waals surface area contributed by atoms with Crippen LogP contribution in [-0.4, -0.2) is 31.7 Å². The molecule has 0 bridgehead atoms. The van der Waals surface area contributed by atoms with E-state index >= 15 is 0 Å². The van der Waals surface area contributed by atoms with Crippen LogP contribution < -0.4 is 10.6 Å². The Balaban J connectivity index is 0.00000192. The minimum absolute atomic E-state index is 0. The average Bonchev–Trinajstić information content (AvgIpc) is 2.98. The van der Waals surface area contributed by atoms with Gasteiger partial charge in [-0.25, -0.2) is 0 Å². The summed E-state index contributed by atoms with van der Waals surface area (Å²) in [6.45, 7) is 2.16. The van der Waals surface area contributed by atoms with Crippen LogP contribution in [0.25, 0.3) is 0 Å². The van der Waals surface area contributed by atoms with Gasteiger partial charge in [-0.15, -0.1) is 12.4 Å². The molecule has 1 saturated carbocycles. The van der Waals surface area contributed by atoms with Crippen molar-refractivity contribution >= 4 is 29.9 Å². The standard InChI is InChI=1S/C17H23ClN2O2.ClH/c18-14-5-3-13(4-6-14)17(7-1-2-8-17)20-16(21)11-15-12-22-10-9-19-15;/h3-6,15,19H,1-2,7-12H2,(H,20,21);1H. The van der Waals surface area contributed by atoms with Crippen molar-refractivity contribution in [2.75, 3.05) is 19.8 Å². The second-order valence-electron chi connectivity index (χ2n) is 6.27. The largest absolute Gasteiger partial charge is 0.378 e. The van der Waals surface area contributed by atoms with Gasteiger partial charge in [0.2, 0.25) is 5.91 Å². The molecule has 1 aromatic carbocycles. The third-order valence-corrected chi connectivity index (χ3v) is 4.91. The van der Waals surface area contributed by atoms with Gasteiger partial charge in [0.15, 0.2) is 0 Å². The van der Waals surface area contributed by atoms with Crippen LogP contribution in [0, 0.1) is 0 Å². The number of morpholine rings is 1. The summed E-state index contributed by atoms with van der Waals surface area (Å²) in [5.41, 5.74) is 0.938. The number of carbonyl (C=O) groups excluding carboxylic acids is 1. The maximum Gasteiger partial charge on any atom is 0.222 e. The van der Waals surface area contributed by atoms with Gasteiger partial charge in [0, 0.05) is 24.0 Å². The highest BCUT2D eigenvalue weighted by Crippen LogP contribution is 2.39. The lowest BCUT2D eigenvalue weighted by Gasteiger charge is -2.32. The summed E-state index contributed by atoms with van der Waals surface area (Å²) >= 11 is 5.99. The summed E-state index contributed by atoms with van der Waals surface area (Å²) < 4.78 is 5.42. The van der Waals surface area contributed by atoms with Crippen LogP contribution in [-0.2, 0) is 15.1 Å². The lowest BCUT2D eigenvalue weighted by atomic mass is 9.88. The zero-order valence-corrected chi connectivity index (χ0v) is 14.7. The van der Waals surface area contributed by atoms with Gasteiger partial charge in [-0.3, -0.25) is 4.79 Å². The molecule has 0 spiro atoms. The molecule has 1 atom stereocenters. The Morgan fingerprint density at radius 1 is 1.30 bits per heavy atom. The predicted molar refractivity (Wildman–Crippen MR) is 94.2 cm³/mol. The lowest BCUT2D eigenvalue weighted by molar-refractivity contribution is -0.124. The van der Waals surface area contributed by atoms with E-state index in [1.165, 1.54) is 0 Å². The molecule has 2 aliphatic rings. The molecule has 1 unspecified atom stereocenters. The first-order valence-electron chi connectivity index (χ1n) is 8.06. The highest BCUT2D eigenvalue weighted by atomic mass is 35.5. The van der Waals surface area contributed by atoms with Crippen LogP contribution in [0.3, 0.4) is 0 Å². The average molecular weight is 359 g/mol. The Labute approximate surface area is 148 Å². The molecule has 2 N–H and O–H groups in total. The molecule has 4 nitrogen and oxygen atoms in total. The van der Waals surface area contributed by atoms with Crippen LogP contribution in [0.1, 0.15) is 37.7 Å². The summed E-state index contributed by atoms with van der Waals surface area (Å²) in [6, 6.07) is 8.00. The number of hydrogen-bond donors (Lipinski definition) is 2. The van der Waals surface area contributed by atoms with Gasteiger partial charge in [0.1, 0.15) is 0 Å². The van der Waals surface area contributed by atoms with Gasteiger partial charge < -0.3 is 15.4 Å². The number of halogens is 2. The van der Waals surface area contributed by atoms with Gasteiger partial charge in [0.25, 0.3) is 0 Å². The molecule has 0 radical (unpaired) electrons. The molecular weight excluding hydrogens is 335 g/mol. The highest BCUT2D eigenvalue weighted by Gasteiger charge is 2.37. The smallest absolute Gasteiger partial charge is 0.222 e. The Hall–Kier alpha value is -0.810. The van der Waals surface area contributed by atoms with Crippen molar-refractivity contribution < 1.29 is 9.53 Å². The van der Waals surface area contributed by atoms with Gasteiger partial charge in [-0.1, -0.05) is 36.6 Å². The lowest BCUT2D eigenvalue weighted by Crippen LogP contribution is -2.48. The van der Waals surface area contributed by atoms with E-state index in [1.54, 1.807) is 0 Å². The Bertz CT molecular complexity index is 510. The molecule has 3 rings (SSSR count). The van der Waals surface area contributed by atoms with E-state index in [4.69, 9.17) is 16.3 Å². The number of hydrogen-bond acceptors (Lipinski definition) is 3. The Morgan fingerprint density at radius 3 is 2.61 bits per heavy atom. The van der Waals surface area contributed by atoms with E-state index in [0.29, 0.717) is 13.0 Å². The first-order valence-corrected chi connectivity index (χ1v) is 8.44. The van der Waals surface area contributed by atoms with E-state index in [9.17, 15) is 4.79 Å². The number of amides is 1. The van der Waals surface area contributed by atoms with Gasteiger partial charge >= 0.3 is 0 Å². The minimum atomic E-state index is -0.225. The second kappa shape index (κ2) is 8.34. The van der Waals surface area contributed by atoms with Crippen LogP contribution >= 0.6 is 24.0 Å². The first kappa shape index (κ1) is 18.5. The number of benzene rings is 1. The fraction of sp³-hybridized carbons (Fsp3) is 0.588. The van der Waals surface area contributed by atoms with Crippen LogP contribution in [0.4, 0.5) is 0 Å². The summed E-state index contributed by atoms with van der Waals surface area (Å²) in [4.78, 5) is 12.5. The Kier molecular flexibility index (Phi) is 6.72. The highest BCUT2D eigenvalue weighted by molar-refractivity contribution is 6.30. The van der Waals surface area contributed by atoms with Crippen molar-refractivity contribution in [3.8, 4) is 0 Å². The predicted octanol–water partition coefficient (Wildman–Crippen LogP) is 3.03. The van der Waals surface area contributed by atoms with E-state index in [-0.39, 0.29) is 29.9 Å². The van der Waals surface area contributed by atoms with Crippen molar-refractivity contribution in [3.63, 3.8) is 0 Å². The van der Waals surface area contributed by atoms with Crippen molar-refractivity contribution in [1.29, 1.82) is 0 Å². The van der Waals surface area contributed by atoms with Crippen molar-refractivity contribution in [3.05, 3.63) is 34.9 Å². The van der Waals surface area contributed by atoms with Crippen LogP contribution in [0.5, 0.6) is 0 Å². The fourth-order valence-corrected chi connectivity index (χ4v) is 3.65. The number of nitrogens with one attached hydrogen (secondary N) is 2. The van der Waals surface area contributed by atoms with Gasteiger partial charge in [-0.05, 0) is 30.5 Å². The quantitative estimate of drug-likeness (QED) is 0.869. The zero-order chi connectivity index (χ0) is 15.4. The normalized spacial score (nSPS) is 23.1. The molecule has 128 valence electrons. The van der Waals surface area contributed by atoms with Crippen molar-refractivity contribution in [2.24, 2.45) is 0 Å². The van der Waals surface area contributed by atoms with Gasteiger partial charge in [-0.2, -0.15) is 0 Å². The van der Waals surface area contributed by atoms with E-state index in [0.717, 1.165) is 49.4 Å². The second-order valence-corrected chi connectivity index (χ2v) is 6.71. The summed E-state index contributed by atoms with van der Waals surface area (Å²) in [5, 5.41) is 7.36. The maximum absolute atomic E-state index is 12.5. The maximum atomic E-state index is 12.5. The zero-order valence-electron chi connectivity index (χ0n) is 13.1. The number of ether oxygens (including phenoxy) is 1. The number of carbonyl (C=O) groups is 1. The molecule has 1 aromatic rings. The summed E-state index contributed by atoms with van der Waals surface area (Å²) in [5.74, 6) is 0.0971. The van der Waals surface area contributed by atoms with Crippen LogP contribution in [0.15, 0.2) is 24.3 Å². The van der Waals surface area contributed by atoms with Crippen LogP contribution in [0.2, 0.25) is 5.02 Å². The van der Waals surface area contributed by atoms with E-state index in [1.807, 2.05) is 24.3 Å². The number of rotatable bonds is 4. The van der Waals surface area contributed by atoms with E-state index in [2.05, 4.69) is 10.6 Å². The third-order valence-electron chi connectivity index (χ3n) is 4.66. The molecule has 1 aliphatic heterocycles. The third kappa shape index (κ3) is 4.60. The Morgan fingerprint density at radius 2 is 2.00 bits per heavy atom. The molecule has 23 heavy (non-hydrogen) atoms. The first-order chi connectivity index (χ1) is 10.7. The van der Waals surface area contributed by atoms with E-state index < -0.39 is 0 Å². The van der Waals surface area contributed by atoms with Gasteiger partial charge in [0.05, 0.1) is 18.8 Å². The van der Waals surface area contributed by atoms with Crippen molar-refractivity contribution in [1.82, 2.24) is 10.6 Å². The van der Waals surface area contributed by atoms with Crippen molar-refractivity contribution in [2.45, 2.75) is 43.7 Å². The summed E-state index contributed by atoms with van der Waals surface area (Å²) in [7, 11) is 0.